The number of fused-ring (bicyclic) bond motifs is 2. The van der Waals surface area contributed by atoms with E-state index < -0.39 is 40.3 Å². The Labute approximate surface area is 151 Å². The molecule has 0 radical (unpaired) electrons. The summed E-state index contributed by atoms with van der Waals surface area (Å²) in [5, 5.41) is 2.14. The summed E-state index contributed by atoms with van der Waals surface area (Å²) in [6.07, 6.45) is 0.486. The molecule has 26 heavy (non-hydrogen) atoms. The Hall–Kier alpha value is -2.49. The first-order chi connectivity index (χ1) is 12.2. The van der Waals surface area contributed by atoms with Crippen LogP contribution in [0, 0.1) is 0 Å². The highest BCUT2D eigenvalue weighted by Gasteiger charge is 2.49. The van der Waals surface area contributed by atoms with E-state index >= 15 is 0 Å². The third kappa shape index (κ3) is 3.69. The van der Waals surface area contributed by atoms with Crippen molar-refractivity contribution in [2.45, 2.75) is 24.9 Å². The van der Waals surface area contributed by atoms with E-state index in [2.05, 4.69) is 20.1 Å². The van der Waals surface area contributed by atoms with Gasteiger partial charge in [-0.2, -0.15) is 13.5 Å². The minimum Gasteiger partial charge on any atom is -0.375 e. The summed E-state index contributed by atoms with van der Waals surface area (Å²) in [6.45, 7) is 0.0446. The Balaban J connectivity index is 1.61. The summed E-state index contributed by atoms with van der Waals surface area (Å²) in [7, 11) is -4.86. The van der Waals surface area contributed by atoms with Crippen LogP contribution >= 0.6 is 11.3 Å². The second-order valence-corrected chi connectivity index (χ2v) is 7.42. The molecule has 2 saturated heterocycles. The van der Waals surface area contributed by atoms with Crippen molar-refractivity contribution in [2.75, 3.05) is 12.3 Å². The average Bonchev–Trinajstić information content (AvgIpc) is 3.09. The van der Waals surface area contributed by atoms with Gasteiger partial charge in [0.05, 0.1) is 6.04 Å². The van der Waals surface area contributed by atoms with Gasteiger partial charge >= 0.3 is 16.4 Å². The number of hydrazine groups is 1. The predicted molar refractivity (Wildman–Crippen MR) is 85.5 cm³/mol. The van der Waals surface area contributed by atoms with Crippen molar-refractivity contribution in [1.29, 1.82) is 0 Å². The van der Waals surface area contributed by atoms with E-state index in [-0.39, 0.29) is 30.2 Å². The molecule has 2 atom stereocenters. The van der Waals surface area contributed by atoms with Gasteiger partial charge in [-0.3, -0.25) is 25.0 Å². The third-order valence-electron chi connectivity index (χ3n) is 3.85. The lowest BCUT2D eigenvalue weighted by atomic mass is 10.0. The summed E-state index contributed by atoms with van der Waals surface area (Å²) in [6, 6.07) is -2.42. The number of piperidine rings is 1. The Morgan fingerprint density at radius 3 is 2.73 bits per heavy atom. The fourth-order valence-corrected chi connectivity index (χ4v) is 3.69. The van der Waals surface area contributed by atoms with Crippen molar-refractivity contribution in [2.24, 2.45) is 0 Å². The van der Waals surface area contributed by atoms with Crippen molar-refractivity contribution in [1.82, 2.24) is 25.8 Å². The van der Waals surface area contributed by atoms with Crippen LogP contribution in [0.25, 0.3) is 0 Å². The topological polar surface area (TPSA) is 184 Å². The number of nitrogens with zero attached hydrogens (tertiary/aromatic N) is 3. The molecule has 0 unspecified atom stereocenters. The van der Waals surface area contributed by atoms with Gasteiger partial charge in [-0.25, -0.2) is 9.78 Å². The Bertz CT molecular complexity index is 855. The highest BCUT2D eigenvalue weighted by molar-refractivity contribution is 7.80. The number of carbonyl (C=O) groups excluding carboxylic acids is 3. The summed E-state index contributed by atoms with van der Waals surface area (Å²) in [5.74, 6) is -1.34. The fourth-order valence-electron chi connectivity index (χ4n) is 2.76. The van der Waals surface area contributed by atoms with Crippen LogP contribution in [0.5, 0.6) is 0 Å². The van der Waals surface area contributed by atoms with E-state index in [1.54, 1.807) is 0 Å². The van der Waals surface area contributed by atoms with Crippen molar-refractivity contribution >= 4 is 44.7 Å². The highest BCUT2D eigenvalue weighted by Crippen LogP contribution is 2.30. The van der Waals surface area contributed by atoms with Crippen molar-refractivity contribution in [3.63, 3.8) is 0 Å². The van der Waals surface area contributed by atoms with Gasteiger partial charge in [0.15, 0.2) is 5.13 Å². The van der Waals surface area contributed by atoms with E-state index in [4.69, 9.17) is 10.3 Å². The van der Waals surface area contributed by atoms with Crippen LogP contribution in [0.1, 0.15) is 23.3 Å². The number of nitrogens with one attached hydrogen (secondary N) is 2. The molecule has 2 fully saturated rings. The molecule has 3 heterocycles. The lowest BCUT2D eigenvalue weighted by molar-refractivity contribution is -0.126. The smallest absolute Gasteiger partial charge is 0.375 e. The molecule has 5 N–H and O–H groups in total. The molecule has 0 spiro atoms. The SMILES string of the molecule is Nc1nc(C(=O)NNC(=O)[C@@H]2CC[C@@H]3CN2C(=O)N3OS(=O)(=O)O)cs1. The quantitative estimate of drug-likeness (QED) is 0.341. The zero-order valence-electron chi connectivity index (χ0n) is 13.0. The number of hydrogen-bond acceptors (Lipinski definition) is 9. The molecule has 1 aromatic heterocycles. The van der Waals surface area contributed by atoms with Crippen LogP contribution in [0.15, 0.2) is 5.38 Å². The molecule has 15 heteroatoms. The molecular formula is C11H14N6O7S2. The second kappa shape index (κ2) is 6.67. The summed E-state index contributed by atoms with van der Waals surface area (Å²) >= 11 is 1.06. The lowest BCUT2D eigenvalue weighted by Gasteiger charge is -2.29. The van der Waals surface area contributed by atoms with Gasteiger partial charge < -0.3 is 10.6 Å². The van der Waals surface area contributed by atoms with Gasteiger partial charge in [0, 0.05) is 11.9 Å². The molecule has 13 nitrogen and oxygen atoms in total. The van der Waals surface area contributed by atoms with Crippen LogP contribution in [0.4, 0.5) is 9.93 Å². The standard InChI is InChI=1S/C11H14N6O7S2/c12-10-13-6(4-25-10)8(18)14-15-9(19)7-2-1-5-3-16(7)11(20)17(5)24-26(21,22)23/h4-5,7H,1-3H2,(H2,12,13)(H,14,18)(H,15,19)(H,21,22,23)/t5-,7+/m1/s1. The zero-order chi connectivity index (χ0) is 19.1. The molecule has 0 aliphatic carbocycles. The molecule has 1 aromatic rings. The van der Waals surface area contributed by atoms with Crippen molar-refractivity contribution < 1.29 is 31.6 Å². The lowest BCUT2D eigenvalue weighted by Crippen LogP contribution is -2.54. The average molecular weight is 406 g/mol. The number of hydrogen-bond donors (Lipinski definition) is 4. The Morgan fingerprint density at radius 1 is 1.38 bits per heavy atom. The molecule has 0 aromatic carbocycles. The number of nitrogen functional groups attached to an aromatic ring is 1. The summed E-state index contributed by atoms with van der Waals surface area (Å²) in [4.78, 5) is 41.2. The molecule has 3 rings (SSSR count). The second-order valence-electron chi connectivity index (χ2n) is 5.52. The van der Waals surface area contributed by atoms with Crippen molar-refractivity contribution in [3.8, 4) is 0 Å². The number of rotatable bonds is 4. The van der Waals surface area contributed by atoms with Crippen molar-refractivity contribution in [3.05, 3.63) is 11.1 Å². The number of amides is 4. The van der Waals surface area contributed by atoms with E-state index in [0.29, 0.717) is 5.06 Å². The number of hydroxylamine groups is 2. The maximum Gasteiger partial charge on any atom is 0.418 e. The fraction of sp³-hybridized carbons (Fsp3) is 0.455. The first-order valence-corrected chi connectivity index (χ1v) is 9.48. The predicted octanol–water partition coefficient (Wildman–Crippen LogP) is -1.51. The Kier molecular flexibility index (Phi) is 4.70. The number of thiazole rings is 1. The van der Waals surface area contributed by atoms with E-state index in [1.807, 2.05) is 0 Å². The minimum atomic E-state index is -4.86. The van der Waals surface area contributed by atoms with Crippen LogP contribution in [0.2, 0.25) is 0 Å². The first-order valence-electron chi connectivity index (χ1n) is 7.24. The normalized spacial score (nSPS) is 22.4. The summed E-state index contributed by atoms with van der Waals surface area (Å²) < 4.78 is 34.7. The van der Waals surface area contributed by atoms with E-state index in [1.165, 1.54) is 5.38 Å². The molecular weight excluding hydrogens is 392 g/mol. The molecule has 2 bridgehead atoms. The molecule has 142 valence electrons. The van der Waals surface area contributed by atoms with Gasteiger partial charge in [0.1, 0.15) is 11.7 Å². The third-order valence-corrected chi connectivity index (χ3v) is 4.88. The molecule has 2 aliphatic heterocycles. The van der Waals surface area contributed by atoms with E-state index in [9.17, 15) is 22.8 Å². The monoisotopic (exact) mass is 406 g/mol. The van der Waals surface area contributed by atoms with Crippen LogP contribution in [0.3, 0.4) is 0 Å². The maximum absolute atomic E-state index is 12.3. The molecule has 4 amide bonds. The molecule has 2 aliphatic rings. The van der Waals surface area contributed by atoms with Crippen LogP contribution in [-0.2, 0) is 19.5 Å². The number of aromatic nitrogens is 1. The van der Waals surface area contributed by atoms with Gasteiger partial charge in [-0.15, -0.1) is 15.6 Å². The van der Waals surface area contributed by atoms with Gasteiger partial charge in [0.25, 0.3) is 11.8 Å². The largest absolute Gasteiger partial charge is 0.418 e. The number of carbonyl (C=O) groups is 3. The molecule has 0 saturated carbocycles. The number of urea groups is 1. The van der Waals surface area contributed by atoms with Crippen LogP contribution < -0.4 is 16.6 Å². The van der Waals surface area contributed by atoms with E-state index in [0.717, 1.165) is 16.2 Å². The zero-order valence-corrected chi connectivity index (χ0v) is 14.6. The first kappa shape index (κ1) is 18.3. The summed E-state index contributed by atoms with van der Waals surface area (Å²) in [5.41, 5.74) is 9.80. The van der Waals surface area contributed by atoms with Gasteiger partial charge in [0.2, 0.25) is 0 Å². The Morgan fingerprint density at radius 2 is 2.12 bits per heavy atom. The van der Waals surface area contributed by atoms with Crippen LogP contribution in [-0.4, -0.2) is 64.4 Å². The maximum atomic E-state index is 12.3. The minimum absolute atomic E-state index is 0.0292. The number of anilines is 1. The highest BCUT2D eigenvalue weighted by atomic mass is 32.3. The number of nitrogens with two attached hydrogens (primary N) is 1. The van der Waals surface area contributed by atoms with Gasteiger partial charge in [-0.05, 0) is 12.8 Å². The van der Waals surface area contributed by atoms with Gasteiger partial charge in [-0.1, -0.05) is 0 Å².